The van der Waals surface area contributed by atoms with Crippen molar-refractivity contribution in [1.82, 2.24) is 19.5 Å². The Labute approximate surface area is 269 Å². The van der Waals surface area contributed by atoms with Gasteiger partial charge in [0.25, 0.3) is 0 Å². The maximum absolute atomic E-state index is 6.20. The van der Waals surface area contributed by atoms with Crippen molar-refractivity contribution in [3.63, 3.8) is 0 Å². The van der Waals surface area contributed by atoms with Crippen LogP contribution in [0, 0.1) is 0 Å². The van der Waals surface area contributed by atoms with E-state index in [1.807, 2.05) is 83.8 Å². The molecule has 6 rings (SSSR count). The van der Waals surface area contributed by atoms with Crippen molar-refractivity contribution in [1.29, 1.82) is 0 Å². The minimum absolute atomic E-state index is 0.586. The van der Waals surface area contributed by atoms with Crippen LogP contribution < -0.4 is 4.74 Å². The van der Waals surface area contributed by atoms with E-state index in [-0.39, 0.29) is 0 Å². The molecule has 0 unspecified atom stereocenters. The fourth-order valence-corrected chi connectivity index (χ4v) is 4.89. The van der Waals surface area contributed by atoms with E-state index in [4.69, 9.17) is 27.9 Å². The normalized spacial score (nSPS) is 11.1. The monoisotopic (exact) mass is 668 g/mol. The van der Waals surface area contributed by atoms with Gasteiger partial charge in [-0.1, -0.05) is 93.7 Å². The van der Waals surface area contributed by atoms with Gasteiger partial charge in [0.05, 0.1) is 24.2 Å². The zero-order chi connectivity index (χ0) is 30.0. The highest BCUT2D eigenvalue weighted by Crippen LogP contribution is 2.29. The topological polar surface area (TPSA) is 55.7 Å². The number of imidazole rings is 2. The van der Waals surface area contributed by atoms with Gasteiger partial charge in [-0.05, 0) is 76.9 Å². The second kappa shape index (κ2) is 14.7. The number of methoxy groups -OCH3 is 1. The van der Waals surface area contributed by atoms with Gasteiger partial charge in [0.15, 0.2) is 0 Å². The van der Waals surface area contributed by atoms with Crippen LogP contribution >= 0.6 is 39.1 Å². The summed E-state index contributed by atoms with van der Waals surface area (Å²) in [6.07, 6.45) is 15.2. The molecule has 1 N–H and O–H groups in total. The van der Waals surface area contributed by atoms with Crippen molar-refractivity contribution in [2.45, 2.75) is 0 Å². The van der Waals surface area contributed by atoms with E-state index < -0.39 is 0 Å². The molecule has 0 aliphatic heterocycles. The van der Waals surface area contributed by atoms with E-state index >= 15 is 0 Å². The summed E-state index contributed by atoms with van der Waals surface area (Å²) in [5.74, 6) is 1.64. The number of halogens is 3. The Balaban J connectivity index is 0.000000171. The quantitative estimate of drug-likeness (QED) is 0.184. The molecular weight excluding hydrogens is 643 g/mol. The molecule has 6 aromatic rings. The van der Waals surface area contributed by atoms with E-state index in [1.165, 1.54) is 5.56 Å². The highest BCUT2D eigenvalue weighted by molar-refractivity contribution is 9.10. The van der Waals surface area contributed by atoms with Gasteiger partial charge in [-0.25, -0.2) is 9.97 Å². The van der Waals surface area contributed by atoms with Crippen LogP contribution in [0.15, 0.2) is 120 Å². The molecular formula is C35H27BrCl2N4O. The van der Waals surface area contributed by atoms with Crippen LogP contribution in [-0.2, 0) is 0 Å². The lowest BCUT2D eigenvalue weighted by molar-refractivity contribution is 0.415. The minimum Gasteiger partial charge on any atom is -0.497 e. The Morgan fingerprint density at radius 2 is 1.60 bits per heavy atom. The number of aromatic amines is 1. The third-order valence-electron chi connectivity index (χ3n) is 6.39. The average Bonchev–Trinajstić information content (AvgIpc) is 3.73. The van der Waals surface area contributed by atoms with E-state index in [9.17, 15) is 0 Å². The van der Waals surface area contributed by atoms with Gasteiger partial charge in [0.2, 0.25) is 0 Å². The Kier molecular flexibility index (Phi) is 10.3. The first kappa shape index (κ1) is 30.1. The highest BCUT2D eigenvalue weighted by Gasteiger charge is 2.07. The fraction of sp³-hybridized carbons (Fsp3) is 0.0286. The number of ether oxygens (including phenoxy) is 1. The summed E-state index contributed by atoms with van der Waals surface area (Å²) in [6, 6.07) is 29.9. The van der Waals surface area contributed by atoms with Crippen LogP contribution in [0.2, 0.25) is 10.0 Å². The van der Waals surface area contributed by atoms with Gasteiger partial charge in [-0.2, -0.15) is 0 Å². The summed E-state index contributed by atoms with van der Waals surface area (Å²) in [7, 11) is 1.68. The first-order valence-corrected chi connectivity index (χ1v) is 14.9. The third-order valence-corrected chi connectivity index (χ3v) is 7.46. The number of rotatable bonds is 7. The predicted octanol–water partition coefficient (Wildman–Crippen LogP) is 10.5. The smallest absolute Gasteiger partial charge is 0.130 e. The van der Waals surface area contributed by atoms with Gasteiger partial charge in [-0.3, -0.25) is 0 Å². The maximum atomic E-state index is 6.20. The molecule has 2 aromatic heterocycles. The molecule has 2 heterocycles. The summed E-state index contributed by atoms with van der Waals surface area (Å²) in [6.45, 7) is 0. The molecule has 0 atom stereocenters. The molecule has 214 valence electrons. The predicted molar refractivity (Wildman–Crippen MR) is 183 cm³/mol. The van der Waals surface area contributed by atoms with Crippen molar-refractivity contribution in [2.75, 3.05) is 7.11 Å². The van der Waals surface area contributed by atoms with E-state index in [0.717, 1.165) is 44.0 Å². The molecule has 0 bridgehead atoms. The summed E-state index contributed by atoms with van der Waals surface area (Å²) >= 11 is 15.5. The van der Waals surface area contributed by atoms with Crippen LogP contribution in [0.5, 0.6) is 5.75 Å². The molecule has 0 radical (unpaired) electrons. The second-order valence-electron chi connectivity index (χ2n) is 9.36. The Bertz CT molecular complexity index is 1830. The Morgan fingerprint density at radius 1 is 0.837 bits per heavy atom. The summed E-state index contributed by atoms with van der Waals surface area (Å²) in [4.78, 5) is 11.7. The zero-order valence-electron chi connectivity index (χ0n) is 23.2. The minimum atomic E-state index is 0.586. The lowest BCUT2D eigenvalue weighted by atomic mass is 10.0. The number of nitrogens with one attached hydrogen (secondary N) is 1. The van der Waals surface area contributed by atoms with Crippen LogP contribution in [0.1, 0.15) is 17.0 Å². The van der Waals surface area contributed by atoms with Crippen LogP contribution in [0.4, 0.5) is 0 Å². The number of aromatic nitrogens is 4. The molecule has 5 nitrogen and oxygen atoms in total. The van der Waals surface area contributed by atoms with E-state index in [0.29, 0.717) is 10.0 Å². The molecule has 0 spiro atoms. The average molecular weight is 670 g/mol. The molecule has 0 saturated carbocycles. The van der Waals surface area contributed by atoms with Crippen molar-refractivity contribution < 1.29 is 4.74 Å². The fourth-order valence-electron chi connectivity index (χ4n) is 4.13. The molecule has 0 aliphatic carbocycles. The zero-order valence-corrected chi connectivity index (χ0v) is 26.3. The second-order valence-corrected chi connectivity index (χ2v) is 11.1. The maximum Gasteiger partial charge on any atom is 0.130 e. The Morgan fingerprint density at radius 3 is 2.33 bits per heavy atom. The summed E-state index contributed by atoms with van der Waals surface area (Å²) < 4.78 is 8.23. The van der Waals surface area contributed by atoms with Gasteiger partial charge in [-0.15, -0.1) is 0 Å². The van der Waals surface area contributed by atoms with Crippen molar-refractivity contribution in [3.8, 4) is 28.1 Å². The lowest BCUT2D eigenvalue weighted by Gasteiger charge is -2.05. The van der Waals surface area contributed by atoms with Crippen molar-refractivity contribution in [3.05, 3.63) is 147 Å². The van der Waals surface area contributed by atoms with E-state index in [2.05, 4.69) is 67.3 Å². The molecule has 0 aliphatic rings. The van der Waals surface area contributed by atoms with E-state index in [1.54, 1.807) is 31.8 Å². The molecule has 43 heavy (non-hydrogen) atoms. The SMILES string of the molecule is COc1cccc(-c2ccc(C=Cn3ccnc3)cc2)c1.Clc1ccc(-c2c[nH]c(C=Cc3ccc(Br)cc3)n2)c(Cl)c1. The molecule has 0 saturated heterocycles. The summed E-state index contributed by atoms with van der Waals surface area (Å²) in [5.41, 5.74) is 6.22. The molecule has 4 aromatic carbocycles. The van der Waals surface area contributed by atoms with Crippen molar-refractivity contribution in [2.24, 2.45) is 0 Å². The van der Waals surface area contributed by atoms with Crippen LogP contribution in [0.25, 0.3) is 46.8 Å². The van der Waals surface area contributed by atoms with Crippen LogP contribution in [-0.4, -0.2) is 26.6 Å². The number of H-pyrrole nitrogens is 1. The van der Waals surface area contributed by atoms with Gasteiger partial charge in [0, 0.05) is 39.8 Å². The Hall–Kier alpha value is -4.36. The molecule has 8 heteroatoms. The largest absolute Gasteiger partial charge is 0.497 e. The third kappa shape index (κ3) is 8.58. The van der Waals surface area contributed by atoms with Crippen molar-refractivity contribution >= 4 is 63.6 Å². The number of hydrogen-bond donors (Lipinski definition) is 1. The highest BCUT2D eigenvalue weighted by atomic mass is 79.9. The number of nitrogens with zero attached hydrogens (tertiary/aromatic N) is 3. The first-order valence-electron chi connectivity index (χ1n) is 13.3. The van der Waals surface area contributed by atoms with Gasteiger partial charge in [0.1, 0.15) is 11.6 Å². The van der Waals surface area contributed by atoms with Gasteiger partial charge >= 0.3 is 0 Å². The molecule has 0 fully saturated rings. The standard InChI is InChI=1S/C18H16N2O.C17H11BrCl2N2/c1-21-18-4-2-3-17(13-18)16-7-5-15(6-8-16)9-11-20-12-10-19-14-20;18-12-4-1-11(2-5-12)3-8-17-21-10-16(22-17)14-7-6-13(19)9-15(14)20/h2-14H,1H3;1-10H,(H,21,22). The van der Waals surface area contributed by atoms with Gasteiger partial charge < -0.3 is 14.3 Å². The number of hydrogen-bond acceptors (Lipinski definition) is 3. The number of benzene rings is 4. The lowest BCUT2D eigenvalue weighted by Crippen LogP contribution is -1.84. The molecule has 0 amide bonds. The first-order chi connectivity index (χ1) is 21.0. The summed E-state index contributed by atoms with van der Waals surface area (Å²) in [5, 5.41) is 1.20. The van der Waals surface area contributed by atoms with Crippen LogP contribution in [0.3, 0.4) is 0 Å².